The molecule has 2 aromatic carbocycles. The van der Waals surface area contributed by atoms with Crippen molar-refractivity contribution in [1.29, 1.82) is 0 Å². The average Bonchev–Trinajstić information content (AvgIpc) is 2.60. The molecule has 0 aliphatic rings. The van der Waals surface area contributed by atoms with E-state index in [4.69, 9.17) is 25.8 Å². The van der Waals surface area contributed by atoms with Gasteiger partial charge in [-0.1, -0.05) is 11.6 Å². The van der Waals surface area contributed by atoms with Gasteiger partial charge in [-0.3, -0.25) is 4.79 Å². The van der Waals surface area contributed by atoms with Gasteiger partial charge in [0.2, 0.25) is 0 Å². The fourth-order valence-electron chi connectivity index (χ4n) is 2.30. The summed E-state index contributed by atoms with van der Waals surface area (Å²) in [5.41, 5.74) is 2.41. The van der Waals surface area contributed by atoms with Crippen LogP contribution < -0.4 is 19.5 Å². The van der Waals surface area contributed by atoms with Gasteiger partial charge in [0.25, 0.3) is 5.91 Å². The van der Waals surface area contributed by atoms with Crippen LogP contribution in [0.25, 0.3) is 0 Å². The van der Waals surface area contributed by atoms with Gasteiger partial charge in [0, 0.05) is 12.1 Å². The van der Waals surface area contributed by atoms with Crippen LogP contribution in [0.15, 0.2) is 30.3 Å². The third-order valence-electron chi connectivity index (χ3n) is 3.70. The summed E-state index contributed by atoms with van der Waals surface area (Å²) < 4.78 is 15.6. The van der Waals surface area contributed by atoms with Crippen LogP contribution in [0.5, 0.6) is 17.2 Å². The van der Waals surface area contributed by atoms with E-state index in [9.17, 15) is 4.79 Å². The monoisotopic (exact) mass is 349 g/mol. The highest BCUT2D eigenvalue weighted by molar-refractivity contribution is 6.32. The SMILES string of the molecule is COc1cc(C)c(CNC(=O)c2ccc(OC)c(OC)c2)cc1Cl. The summed E-state index contributed by atoms with van der Waals surface area (Å²) in [6.45, 7) is 2.31. The zero-order valence-electron chi connectivity index (χ0n) is 14.1. The molecule has 128 valence electrons. The summed E-state index contributed by atoms with van der Waals surface area (Å²) in [5, 5.41) is 3.39. The number of benzene rings is 2. The zero-order chi connectivity index (χ0) is 17.7. The van der Waals surface area contributed by atoms with E-state index >= 15 is 0 Å². The van der Waals surface area contributed by atoms with Gasteiger partial charge < -0.3 is 19.5 Å². The van der Waals surface area contributed by atoms with Crippen LogP contribution in [-0.4, -0.2) is 27.2 Å². The molecule has 0 radical (unpaired) electrons. The predicted molar refractivity (Wildman–Crippen MR) is 93.5 cm³/mol. The van der Waals surface area contributed by atoms with E-state index in [2.05, 4.69) is 5.32 Å². The molecular weight excluding hydrogens is 330 g/mol. The van der Waals surface area contributed by atoms with Gasteiger partial charge in [0.1, 0.15) is 5.75 Å². The van der Waals surface area contributed by atoms with Crippen molar-refractivity contribution in [2.45, 2.75) is 13.5 Å². The minimum atomic E-state index is -0.206. The first-order valence-electron chi connectivity index (χ1n) is 7.33. The smallest absolute Gasteiger partial charge is 0.251 e. The number of aryl methyl sites for hydroxylation is 1. The Morgan fingerprint density at radius 2 is 1.67 bits per heavy atom. The number of hydrogen-bond donors (Lipinski definition) is 1. The van der Waals surface area contributed by atoms with E-state index in [-0.39, 0.29) is 5.91 Å². The summed E-state index contributed by atoms with van der Waals surface area (Å²) in [4.78, 5) is 12.3. The number of amides is 1. The van der Waals surface area contributed by atoms with Crippen LogP contribution in [0, 0.1) is 6.92 Å². The lowest BCUT2D eigenvalue weighted by Gasteiger charge is -2.12. The lowest BCUT2D eigenvalue weighted by Crippen LogP contribution is -2.23. The average molecular weight is 350 g/mol. The van der Waals surface area contributed by atoms with E-state index in [1.54, 1.807) is 38.5 Å². The molecule has 0 heterocycles. The molecule has 0 bridgehead atoms. The normalized spacial score (nSPS) is 10.2. The lowest BCUT2D eigenvalue weighted by atomic mass is 10.1. The Kier molecular flexibility index (Phi) is 5.93. The molecule has 0 aliphatic heterocycles. The molecule has 0 fully saturated rings. The van der Waals surface area contributed by atoms with Gasteiger partial charge in [-0.05, 0) is 48.4 Å². The van der Waals surface area contributed by atoms with Crippen molar-refractivity contribution < 1.29 is 19.0 Å². The molecule has 0 atom stereocenters. The summed E-state index contributed by atoms with van der Waals surface area (Å²) in [7, 11) is 4.65. The molecule has 0 aliphatic carbocycles. The zero-order valence-corrected chi connectivity index (χ0v) is 14.9. The maximum atomic E-state index is 12.3. The molecule has 2 rings (SSSR count). The molecule has 0 unspecified atom stereocenters. The molecule has 0 aromatic heterocycles. The Morgan fingerprint density at radius 3 is 2.29 bits per heavy atom. The molecule has 0 spiro atoms. The molecule has 0 saturated heterocycles. The predicted octanol–water partition coefficient (Wildman–Crippen LogP) is 3.60. The number of carbonyl (C=O) groups is 1. The van der Waals surface area contributed by atoms with Crippen molar-refractivity contribution >= 4 is 17.5 Å². The first-order chi connectivity index (χ1) is 11.5. The van der Waals surface area contributed by atoms with E-state index in [0.717, 1.165) is 11.1 Å². The molecule has 1 amide bonds. The summed E-state index contributed by atoms with van der Waals surface area (Å²) in [6, 6.07) is 8.67. The van der Waals surface area contributed by atoms with E-state index in [1.165, 1.54) is 7.11 Å². The standard InChI is InChI=1S/C18H20ClNO4/c1-11-7-16(23-3)14(19)8-13(11)10-20-18(21)12-5-6-15(22-2)17(9-12)24-4/h5-9H,10H2,1-4H3,(H,20,21). The summed E-state index contributed by atoms with van der Waals surface area (Å²) in [6.07, 6.45) is 0. The second-order valence-corrected chi connectivity index (χ2v) is 5.57. The first-order valence-corrected chi connectivity index (χ1v) is 7.71. The minimum Gasteiger partial charge on any atom is -0.495 e. The summed E-state index contributed by atoms with van der Waals surface area (Å²) >= 11 is 6.14. The van der Waals surface area contributed by atoms with Crippen molar-refractivity contribution in [1.82, 2.24) is 5.32 Å². The van der Waals surface area contributed by atoms with Crippen molar-refractivity contribution in [3.8, 4) is 17.2 Å². The highest BCUT2D eigenvalue weighted by Crippen LogP contribution is 2.29. The molecular formula is C18H20ClNO4. The minimum absolute atomic E-state index is 0.206. The highest BCUT2D eigenvalue weighted by atomic mass is 35.5. The second-order valence-electron chi connectivity index (χ2n) is 5.17. The van der Waals surface area contributed by atoms with Crippen LogP contribution in [-0.2, 0) is 6.54 Å². The summed E-state index contributed by atoms with van der Waals surface area (Å²) in [5.74, 6) is 1.49. The fraction of sp³-hybridized carbons (Fsp3) is 0.278. The maximum Gasteiger partial charge on any atom is 0.251 e. The number of carbonyl (C=O) groups excluding carboxylic acids is 1. The van der Waals surface area contributed by atoms with Crippen molar-refractivity contribution in [3.05, 3.63) is 52.0 Å². The Labute approximate surface area is 146 Å². The lowest BCUT2D eigenvalue weighted by molar-refractivity contribution is 0.0950. The van der Waals surface area contributed by atoms with Crippen LogP contribution in [0.1, 0.15) is 21.5 Å². The van der Waals surface area contributed by atoms with Crippen molar-refractivity contribution in [2.75, 3.05) is 21.3 Å². The molecule has 1 N–H and O–H groups in total. The number of rotatable bonds is 6. The van der Waals surface area contributed by atoms with Gasteiger partial charge in [-0.15, -0.1) is 0 Å². The van der Waals surface area contributed by atoms with Gasteiger partial charge in [0.05, 0.1) is 26.4 Å². The Bertz CT molecular complexity index is 746. The molecule has 2 aromatic rings. The number of nitrogens with one attached hydrogen (secondary N) is 1. The largest absolute Gasteiger partial charge is 0.495 e. The third kappa shape index (κ3) is 3.92. The van der Waals surface area contributed by atoms with Crippen LogP contribution in [0.3, 0.4) is 0 Å². The van der Waals surface area contributed by atoms with E-state index in [0.29, 0.717) is 34.4 Å². The van der Waals surface area contributed by atoms with Gasteiger partial charge in [-0.25, -0.2) is 0 Å². The number of ether oxygens (including phenoxy) is 3. The molecule has 6 heteroatoms. The van der Waals surface area contributed by atoms with Gasteiger partial charge in [0.15, 0.2) is 11.5 Å². The van der Waals surface area contributed by atoms with Crippen molar-refractivity contribution in [2.24, 2.45) is 0 Å². The number of methoxy groups -OCH3 is 3. The molecule has 0 saturated carbocycles. The topological polar surface area (TPSA) is 56.8 Å². The van der Waals surface area contributed by atoms with Crippen LogP contribution >= 0.6 is 11.6 Å². The quantitative estimate of drug-likeness (QED) is 0.865. The van der Waals surface area contributed by atoms with Gasteiger partial charge >= 0.3 is 0 Å². The fourth-order valence-corrected chi connectivity index (χ4v) is 2.56. The molecule has 24 heavy (non-hydrogen) atoms. The van der Waals surface area contributed by atoms with Crippen LogP contribution in [0.4, 0.5) is 0 Å². The number of hydrogen-bond acceptors (Lipinski definition) is 4. The van der Waals surface area contributed by atoms with E-state index in [1.807, 2.05) is 13.0 Å². The molecule has 5 nitrogen and oxygen atoms in total. The first kappa shape index (κ1) is 17.9. The Hall–Kier alpha value is -2.40. The van der Waals surface area contributed by atoms with E-state index < -0.39 is 0 Å². The maximum absolute atomic E-state index is 12.3. The Morgan fingerprint density at radius 1 is 1.00 bits per heavy atom. The van der Waals surface area contributed by atoms with Crippen molar-refractivity contribution in [3.63, 3.8) is 0 Å². The van der Waals surface area contributed by atoms with Crippen LogP contribution in [0.2, 0.25) is 5.02 Å². The number of halogens is 1. The highest BCUT2D eigenvalue weighted by Gasteiger charge is 2.12. The third-order valence-corrected chi connectivity index (χ3v) is 3.99. The Balaban J connectivity index is 2.12. The second kappa shape index (κ2) is 7.93. The van der Waals surface area contributed by atoms with Gasteiger partial charge in [-0.2, -0.15) is 0 Å².